The maximum absolute atomic E-state index is 2.35. The SMILES string of the molecule is Br.C[CH2][Mg][CH]1CCCC1. The summed E-state index contributed by atoms with van der Waals surface area (Å²) in [5.74, 6) is 0. The quantitative estimate of drug-likeness (QED) is 0.605. The fourth-order valence-corrected chi connectivity index (χ4v) is 3.68. The molecule has 2 heteroatoms. The molecule has 0 aliphatic heterocycles. The van der Waals surface area contributed by atoms with Gasteiger partial charge in [-0.25, -0.2) is 0 Å². The van der Waals surface area contributed by atoms with Crippen LogP contribution in [-0.4, -0.2) is 20.4 Å². The molecule has 0 radical (unpaired) electrons. The van der Waals surface area contributed by atoms with E-state index in [-0.39, 0.29) is 17.0 Å². The molecular weight excluding hydrogens is 188 g/mol. The van der Waals surface area contributed by atoms with Gasteiger partial charge in [-0.15, -0.1) is 25.6 Å². The smallest absolute Gasteiger partial charge is 0.148 e. The summed E-state index contributed by atoms with van der Waals surface area (Å²) in [6, 6.07) is 0. The van der Waals surface area contributed by atoms with Crippen molar-refractivity contribution in [3.8, 4) is 0 Å². The summed E-state index contributed by atoms with van der Waals surface area (Å²) < 4.78 is 2.78. The Balaban J connectivity index is 0.000000640. The van der Waals surface area contributed by atoms with Gasteiger partial charge in [0.1, 0.15) is 0 Å². The highest BCUT2D eigenvalue weighted by Crippen LogP contribution is 2.29. The highest BCUT2D eigenvalue weighted by atomic mass is 79.9. The Bertz CT molecular complexity index is 59.9. The van der Waals surface area contributed by atoms with Crippen LogP contribution in [0.2, 0.25) is 8.60 Å². The van der Waals surface area contributed by atoms with E-state index in [1.54, 1.807) is 12.8 Å². The highest BCUT2D eigenvalue weighted by Gasteiger charge is 2.14. The average Bonchev–Trinajstić information content (AvgIpc) is 2.19. The van der Waals surface area contributed by atoms with Gasteiger partial charge < -0.3 is 0 Å². The van der Waals surface area contributed by atoms with Crippen LogP contribution < -0.4 is 0 Å². The predicted molar refractivity (Wildman–Crippen MR) is 48.8 cm³/mol. The molecular formula is C7H15BrMg. The second kappa shape index (κ2) is 5.99. The summed E-state index contributed by atoms with van der Waals surface area (Å²) in [4.78, 5) is 0. The van der Waals surface area contributed by atoms with E-state index in [0.717, 1.165) is 0 Å². The molecule has 0 aromatic carbocycles. The van der Waals surface area contributed by atoms with Crippen molar-refractivity contribution >= 4 is 37.3 Å². The van der Waals surface area contributed by atoms with Crippen LogP contribution in [0.15, 0.2) is 0 Å². The van der Waals surface area contributed by atoms with Gasteiger partial charge >= 0.3 is 20.4 Å². The van der Waals surface area contributed by atoms with Crippen LogP contribution in [0.5, 0.6) is 0 Å². The maximum Gasteiger partial charge on any atom is 0.368 e. The van der Waals surface area contributed by atoms with Crippen molar-refractivity contribution in [1.29, 1.82) is 0 Å². The third-order valence-corrected chi connectivity index (χ3v) is 4.38. The number of hydrogen-bond acceptors (Lipinski definition) is 0. The van der Waals surface area contributed by atoms with E-state index < -0.39 is 0 Å². The standard InChI is InChI=1S/C5H9.C2H5.BrH.Mg/c1-2-4-5-3-1;1-2;;/h1H,2-5H2;1H2,2H3;1H;. The second-order valence-corrected chi connectivity index (χ2v) is 5.67. The monoisotopic (exact) mass is 202 g/mol. The van der Waals surface area contributed by atoms with Crippen molar-refractivity contribution in [3.05, 3.63) is 0 Å². The van der Waals surface area contributed by atoms with Crippen LogP contribution in [-0.2, 0) is 0 Å². The first kappa shape index (κ1) is 10.2. The summed E-state index contributed by atoms with van der Waals surface area (Å²) in [6.45, 7) is 2.35. The largest absolute Gasteiger partial charge is 0.368 e. The second-order valence-electron chi connectivity index (χ2n) is 2.94. The summed E-state index contributed by atoms with van der Waals surface area (Å²) in [7, 11) is 0. The van der Waals surface area contributed by atoms with E-state index in [9.17, 15) is 0 Å². The van der Waals surface area contributed by atoms with Crippen LogP contribution in [0, 0.1) is 0 Å². The summed E-state index contributed by atoms with van der Waals surface area (Å²) in [6.07, 6.45) is 6.25. The molecule has 0 bridgehead atoms. The topological polar surface area (TPSA) is 0 Å². The fraction of sp³-hybridized carbons (Fsp3) is 1.00. The summed E-state index contributed by atoms with van der Waals surface area (Å²) in [5, 5.41) is 0. The Labute approximate surface area is 78.3 Å². The van der Waals surface area contributed by atoms with Crippen LogP contribution in [0.3, 0.4) is 0 Å². The lowest BCUT2D eigenvalue weighted by Crippen LogP contribution is -1.95. The van der Waals surface area contributed by atoms with Gasteiger partial charge in [0.2, 0.25) is 0 Å². The minimum atomic E-state index is 0. The van der Waals surface area contributed by atoms with Gasteiger partial charge in [0.25, 0.3) is 0 Å². The molecule has 0 aromatic heterocycles. The minimum Gasteiger partial charge on any atom is -0.148 e. The number of hydrogen-bond donors (Lipinski definition) is 0. The molecule has 1 aliphatic carbocycles. The molecule has 0 unspecified atom stereocenters. The molecule has 0 saturated heterocycles. The molecule has 0 aromatic rings. The Morgan fingerprint density at radius 3 is 2.33 bits per heavy atom. The van der Waals surface area contributed by atoms with Crippen LogP contribution >= 0.6 is 17.0 Å². The van der Waals surface area contributed by atoms with E-state index >= 15 is 0 Å². The molecule has 1 aliphatic rings. The van der Waals surface area contributed by atoms with E-state index in [1.807, 2.05) is 0 Å². The predicted octanol–water partition coefficient (Wildman–Crippen LogP) is 3.07. The molecule has 0 nitrogen and oxygen atoms in total. The molecule has 0 atom stereocenters. The lowest BCUT2D eigenvalue weighted by Gasteiger charge is -2.00. The molecule has 0 N–H and O–H groups in total. The van der Waals surface area contributed by atoms with Crippen LogP contribution in [0.1, 0.15) is 32.6 Å². The van der Waals surface area contributed by atoms with Crippen molar-refractivity contribution in [1.82, 2.24) is 0 Å². The highest BCUT2D eigenvalue weighted by molar-refractivity contribution is 8.93. The maximum atomic E-state index is 2.35. The third-order valence-electron chi connectivity index (χ3n) is 2.17. The van der Waals surface area contributed by atoms with E-state index in [2.05, 4.69) is 6.92 Å². The Morgan fingerprint density at radius 2 is 1.89 bits per heavy atom. The van der Waals surface area contributed by atoms with Crippen molar-refractivity contribution < 1.29 is 0 Å². The molecule has 52 valence electrons. The molecule has 1 rings (SSSR count). The average molecular weight is 203 g/mol. The van der Waals surface area contributed by atoms with Crippen LogP contribution in [0.25, 0.3) is 0 Å². The molecule has 0 amide bonds. The minimum absolute atomic E-state index is 0. The molecule has 0 heterocycles. The van der Waals surface area contributed by atoms with Gasteiger partial charge in [-0.3, -0.25) is 0 Å². The van der Waals surface area contributed by atoms with Gasteiger partial charge in [-0.05, 0) is 0 Å². The Morgan fingerprint density at radius 1 is 1.33 bits per heavy atom. The number of halogens is 1. The van der Waals surface area contributed by atoms with Gasteiger partial charge in [0, 0.05) is 0 Å². The van der Waals surface area contributed by atoms with Crippen molar-refractivity contribution in [2.75, 3.05) is 0 Å². The lowest BCUT2D eigenvalue weighted by molar-refractivity contribution is 0.863. The van der Waals surface area contributed by atoms with E-state index in [1.165, 1.54) is 21.4 Å². The van der Waals surface area contributed by atoms with Gasteiger partial charge in [-0.2, -0.15) is 0 Å². The Kier molecular flexibility index (Phi) is 6.82. The summed E-state index contributed by atoms with van der Waals surface area (Å²) in [5.41, 5.74) is 0. The zero-order valence-corrected chi connectivity index (χ0v) is 9.36. The van der Waals surface area contributed by atoms with Gasteiger partial charge in [0.15, 0.2) is 0 Å². The third kappa shape index (κ3) is 3.84. The molecule has 1 saturated carbocycles. The fourth-order valence-electron chi connectivity index (χ4n) is 1.71. The lowest BCUT2D eigenvalue weighted by atomic mass is 10.4. The first-order chi connectivity index (χ1) is 3.93. The van der Waals surface area contributed by atoms with E-state index in [4.69, 9.17) is 0 Å². The molecule has 1 fully saturated rings. The zero-order chi connectivity index (χ0) is 5.82. The first-order valence-electron chi connectivity index (χ1n) is 3.93. The zero-order valence-electron chi connectivity index (χ0n) is 6.23. The van der Waals surface area contributed by atoms with Gasteiger partial charge in [0.05, 0.1) is 0 Å². The van der Waals surface area contributed by atoms with Gasteiger partial charge in [-0.1, -0.05) is 32.6 Å². The van der Waals surface area contributed by atoms with Crippen molar-refractivity contribution in [2.45, 2.75) is 41.2 Å². The molecule has 9 heavy (non-hydrogen) atoms. The first-order valence-corrected chi connectivity index (χ1v) is 5.75. The van der Waals surface area contributed by atoms with E-state index in [0.29, 0.717) is 20.4 Å². The van der Waals surface area contributed by atoms with Crippen LogP contribution in [0.4, 0.5) is 0 Å². The Hall–Kier alpha value is 1.25. The summed E-state index contributed by atoms with van der Waals surface area (Å²) >= 11 is 0.398. The van der Waals surface area contributed by atoms with Crippen molar-refractivity contribution in [2.24, 2.45) is 0 Å². The normalized spacial score (nSPS) is 18.8. The van der Waals surface area contributed by atoms with Crippen molar-refractivity contribution in [3.63, 3.8) is 0 Å². The number of rotatable bonds is 2. The molecule has 0 spiro atoms.